The molecule has 2 aromatic rings. The lowest BCUT2D eigenvalue weighted by molar-refractivity contribution is -0.115. The first-order chi connectivity index (χ1) is 12.3. The van der Waals surface area contributed by atoms with Crippen LogP contribution in [0.3, 0.4) is 0 Å². The highest BCUT2D eigenvalue weighted by Gasteiger charge is 2.24. The summed E-state index contributed by atoms with van der Waals surface area (Å²) in [5, 5.41) is 12.9. The second kappa shape index (κ2) is 7.72. The molecule has 0 unspecified atom stereocenters. The van der Waals surface area contributed by atoms with E-state index in [0.29, 0.717) is 31.4 Å². The summed E-state index contributed by atoms with van der Waals surface area (Å²) in [6.45, 7) is 0. The third kappa shape index (κ3) is 4.04. The Labute approximate surface area is 167 Å². The van der Waals surface area contributed by atoms with Crippen molar-refractivity contribution in [1.82, 2.24) is 5.32 Å². The molecule has 0 aromatic heterocycles. The number of carbonyl (C=O) groups excluding carboxylic acids is 1. The molecule has 1 aliphatic heterocycles. The van der Waals surface area contributed by atoms with Crippen molar-refractivity contribution in [3.8, 4) is 0 Å². The van der Waals surface area contributed by atoms with Gasteiger partial charge in [-0.1, -0.05) is 46.9 Å². The summed E-state index contributed by atoms with van der Waals surface area (Å²) in [4.78, 5) is 27.9. The minimum atomic E-state index is -1.16. The summed E-state index contributed by atoms with van der Waals surface area (Å²) in [6.07, 6.45) is 1.61. The van der Waals surface area contributed by atoms with E-state index in [1.165, 1.54) is 12.1 Å². The molecule has 3 rings (SSSR count). The highest BCUT2D eigenvalue weighted by atomic mass is 35.5. The Bertz CT molecular complexity index is 989. The number of carboxylic acids is 1. The van der Waals surface area contributed by atoms with Gasteiger partial charge >= 0.3 is 5.97 Å². The number of thioether (sulfide) groups is 1. The fourth-order valence-electron chi connectivity index (χ4n) is 2.12. The van der Waals surface area contributed by atoms with Crippen LogP contribution in [0.4, 0.5) is 5.69 Å². The first-order valence-electron chi connectivity index (χ1n) is 7.11. The van der Waals surface area contributed by atoms with Gasteiger partial charge in [0.2, 0.25) is 0 Å². The van der Waals surface area contributed by atoms with Crippen LogP contribution in [-0.4, -0.2) is 22.2 Å². The van der Waals surface area contributed by atoms with E-state index in [9.17, 15) is 9.59 Å². The van der Waals surface area contributed by atoms with Crippen molar-refractivity contribution in [2.24, 2.45) is 4.99 Å². The Kier molecular flexibility index (Phi) is 5.58. The summed E-state index contributed by atoms with van der Waals surface area (Å²) in [6, 6.07) is 9.45. The van der Waals surface area contributed by atoms with Crippen LogP contribution in [-0.2, 0) is 4.79 Å². The van der Waals surface area contributed by atoms with Crippen LogP contribution in [0.2, 0.25) is 15.1 Å². The Morgan fingerprint density at radius 2 is 1.92 bits per heavy atom. The molecule has 1 saturated heterocycles. The van der Waals surface area contributed by atoms with Crippen LogP contribution in [0.1, 0.15) is 15.9 Å². The molecule has 9 heteroatoms. The lowest BCUT2D eigenvalue weighted by Gasteiger charge is -2.01. The minimum Gasteiger partial charge on any atom is -0.478 e. The van der Waals surface area contributed by atoms with Crippen LogP contribution < -0.4 is 5.32 Å². The van der Waals surface area contributed by atoms with Crippen molar-refractivity contribution in [3.05, 3.63) is 67.5 Å². The normalized spacial score (nSPS) is 17.0. The van der Waals surface area contributed by atoms with Gasteiger partial charge in [0.25, 0.3) is 5.91 Å². The van der Waals surface area contributed by atoms with Crippen LogP contribution in [0.25, 0.3) is 6.08 Å². The van der Waals surface area contributed by atoms with E-state index in [1.54, 1.807) is 30.3 Å². The van der Waals surface area contributed by atoms with Gasteiger partial charge in [0, 0.05) is 0 Å². The fourth-order valence-corrected chi connectivity index (χ4v) is 3.51. The highest BCUT2D eigenvalue weighted by Crippen LogP contribution is 2.32. The zero-order valence-corrected chi connectivity index (χ0v) is 15.9. The predicted molar refractivity (Wildman–Crippen MR) is 106 cm³/mol. The zero-order valence-electron chi connectivity index (χ0n) is 12.8. The van der Waals surface area contributed by atoms with Crippen LogP contribution in [0.15, 0.2) is 46.3 Å². The van der Waals surface area contributed by atoms with Gasteiger partial charge in [0.15, 0.2) is 5.17 Å². The van der Waals surface area contributed by atoms with Crippen LogP contribution in [0.5, 0.6) is 0 Å². The number of amides is 1. The smallest absolute Gasteiger partial charge is 0.337 e. The molecule has 5 nitrogen and oxygen atoms in total. The number of hydrogen-bond acceptors (Lipinski definition) is 4. The lowest BCUT2D eigenvalue weighted by atomic mass is 10.2. The van der Waals surface area contributed by atoms with Crippen LogP contribution >= 0.6 is 46.6 Å². The SMILES string of the molecule is O=C1NC(=Nc2ccc(Cl)c(C(=O)O)c2)S/C1=C\c1cccc(Cl)c1Cl. The Morgan fingerprint density at radius 3 is 2.65 bits per heavy atom. The number of carbonyl (C=O) groups is 2. The Morgan fingerprint density at radius 1 is 1.15 bits per heavy atom. The number of halogens is 3. The third-order valence-electron chi connectivity index (χ3n) is 3.33. The maximum Gasteiger partial charge on any atom is 0.337 e. The average Bonchev–Trinajstić information content (AvgIpc) is 2.92. The maximum absolute atomic E-state index is 12.1. The second-order valence-electron chi connectivity index (χ2n) is 5.09. The second-order valence-corrected chi connectivity index (χ2v) is 7.32. The van der Waals surface area contributed by atoms with E-state index in [-0.39, 0.29) is 16.5 Å². The molecule has 2 N–H and O–H groups in total. The molecule has 0 spiro atoms. The molecule has 0 saturated carbocycles. The van der Waals surface area contributed by atoms with Gasteiger partial charge in [-0.2, -0.15) is 0 Å². The molecule has 0 bridgehead atoms. The Hall–Kier alpha value is -1.99. The molecule has 0 aliphatic carbocycles. The van der Waals surface area contributed by atoms with E-state index < -0.39 is 5.97 Å². The molecular formula is C17H9Cl3N2O3S. The number of nitrogens with zero attached hydrogens (tertiary/aromatic N) is 1. The third-order valence-corrected chi connectivity index (χ3v) is 5.40. The number of benzene rings is 2. The molecule has 1 heterocycles. The molecule has 1 aliphatic rings. The number of amidine groups is 1. The molecule has 2 aromatic carbocycles. The van der Waals surface area contributed by atoms with Gasteiger partial charge in [0.1, 0.15) is 0 Å². The molecule has 1 amide bonds. The van der Waals surface area contributed by atoms with E-state index in [0.717, 1.165) is 11.8 Å². The van der Waals surface area contributed by atoms with Gasteiger partial charge in [-0.05, 0) is 47.7 Å². The summed E-state index contributed by atoms with van der Waals surface area (Å²) in [7, 11) is 0. The van der Waals surface area contributed by atoms with E-state index in [2.05, 4.69) is 10.3 Å². The van der Waals surface area contributed by atoms with E-state index in [1.807, 2.05) is 0 Å². The number of nitrogens with one attached hydrogen (secondary N) is 1. The Balaban J connectivity index is 1.89. The number of aliphatic imine (C=N–C) groups is 1. The maximum atomic E-state index is 12.1. The number of carboxylic acid groups (broad SMARTS) is 1. The summed E-state index contributed by atoms with van der Waals surface area (Å²) < 4.78 is 0. The molecule has 0 radical (unpaired) electrons. The van der Waals surface area contributed by atoms with Gasteiger partial charge in [0.05, 0.1) is 31.2 Å². The van der Waals surface area contributed by atoms with Crippen molar-refractivity contribution in [2.45, 2.75) is 0 Å². The first kappa shape index (κ1) is 18.8. The standard InChI is InChI=1S/C17H9Cl3N2O3S/c18-11-5-4-9(7-10(11)16(24)25)21-17-22-15(23)13(26-17)6-8-2-1-3-12(19)14(8)20/h1-7H,(H,24,25)(H,21,22,23)/b13-6-. The topological polar surface area (TPSA) is 78.8 Å². The first-order valence-corrected chi connectivity index (χ1v) is 9.06. The highest BCUT2D eigenvalue weighted by molar-refractivity contribution is 8.18. The van der Waals surface area contributed by atoms with Crippen molar-refractivity contribution < 1.29 is 14.7 Å². The van der Waals surface area contributed by atoms with Crippen molar-refractivity contribution in [1.29, 1.82) is 0 Å². The van der Waals surface area contributed by atoms with Crippen LogP contribution in [0, 0.1) is 0 Å². The predicted octanol–water partition coefficient (Wildman–Crippen LogP) is 5.24. The quantitative estimate of drug-likeness (QED) is 0.657. The number of aromatic carboxylic acids is 1. The van der Waals surface area contributed by atoms with E-state index in [4.69, 9.17) is 39.9 Å². The van der Waals surface area contributed by atoms with Crippen molar-refractivity contribution in [2.75, 3.05) is 0 Å². The molecule has 26 heavy (non-hydrogen) atoms. The van der Waals surface area contributed by atoms with Gasteiger partial charge in [-0.15, -0.1) is 0 Å². The molecule has 0 atom stereocenters. The largest absolute Gasteiger partial charge is 0.478 e. The van der Waals surface area contributed by atoms with Gasteiger partial charge in [-0.25, -0.2) is 9.79 Å². The summed E-state index contributed by atoms with van der Waals surface area (Å²) in [5.74, 6) is -1.49. The zero-order chi connectivity index (χ0) is 18.8. The number of rotatable bonds is 3. The summed E-state index contributed by atoms with van der Waals surface area (Å²) in [5.41, 5.74) is 0.902. The lowest BCUT2D eigenvalue weighted by Crippen LogP contribution is -2.19. The van der Waals surface area contributed by atoms with Crippen molar-refractivity contribution >= 4 is 75.4 Å². The molecule has 132 valence electrons. The molecular weight excluding hydrogens is 419 g/mol. The van der Waals surface area contributed by atoms with Crippen molar-refractivity contribution in [3.63, 3.8) is 0 Å². The van der Waals surface area contributed by atoms with E-state index >= 15 is 0 Å². The van der Waals surface area contributed by atoms with Gasteiger partial charge in [-0.3, -0.25) is 4.79 Å². The monoisotopic (exact) mass is 426 g/mol. The summed E-state index contributed by atoms with van der Waals surface area (Å²) >= 11 is 19.1. The fraction of sp³-hybridized carbons (Fsp3) is 0. The average molecular weight is 428 g/mol. The minimum absolute atomic E-state index is 0.0654. The number of hydrogen-bond donors (Lipinski definition) is 2. The molecule has 1 fully saturated rings. The van der Waals surface area contributed by atoms with Gasteiger partial charge < -0.3 is 10.4 Å².